The normalized spacial score (nSPS) is 9.90. The van der Waals surface area contributed by atoms with E-state index < -0.39 is 5.82 Å². The Bertz CT molecular complexity index is 239. The maximum atomic E-state index is 12.4. The lowest BCUT2D eigenvalue weighted by molar-refractivity contribution is 0.620. The fraction of sp³-hybridized carbons (Fsp3) is 0.167. The monoisotopic (exact) mass is 179 g/mol. The van der Waals surface area contributed by atoms with Crippen LogP contribution < -0.4 is 0 Å². The molecule has 54 valence electrons. The van der Waals surface area contributed by atoms with Gasteiger partial charge < -0.3 is 0 Å². The summed E-state index contributed by atoms with van der Waals surface area (Å²) in [7, 11) is 0. The van der Waals surface area contributed by atoms with E-state index in [2.05, 4.69) is 4.98 Å². The van der Waals surface area contributed by atoms with Crippen molar-refractivity contribution in [2.45, 2.75) is 5.88 Å². The number of alkyl halides is 1. The van der Waals surface area contributed by atoms with Crippen molar-refractivity contribution < 1.29 is 4.39 Å². The lowest BCUT2D eigenvalue weighted by Gasteiger charge is -1.94. The molecule has 0 bridgehead atoms. The summed E-state index contributed by atoms with van der Waals surface area (Å²) in [5.41, 5.74) is 0.577. The zero-order valence-electron chi connectivity index (χ0n) is 4.94. The van der Waals surface area contributed by atoms with Crippen LogP contribution in [0.3, 0.4) is 0 Å². The highest BCUT2D eigenvalue weighted by Gasteiger charge is 1.99. The molecule has 0 spiro atoms. The van der Waals surface area contributed by atoms with E-state index in [0.717, 1.165) is 6.20 Å². The maximum absolute atomic E-state index is 12.4. The summed E-state index contributed by atoms with van der Waals surface area (Å²) < 4.78 is 12.4. The standard InChI is InChI=1S/C6H4Cl2FN/c7-2-4-1-5(8)6(9)3-10-4/h1,3H,2H2. The van der Waals surface area contributed by atoms with Gasteiger partial charge in [-0.2, -0.15) is 0 Å². The Balaban J connectivity index is 3.04. The molecule has 1 heterocycles. The predicted molar refractivity (Wildman–Crippen MR) is 38.8 cm³/mol. The average molecular weight is 180 g/mol. The summed E-state index contributed by atoms with van der Waals surface area (Å²) in [6.07, 6.45) is 1.06. The number of halogens is 3. The van der Waals surface area contributed by atoms with Gasteiger partial charge in [-0.3, -0.25) is 4.98 Å². The molecule has 0 aliphatic carbocycles. The van der Waals surface area contributed by atoms with Crippen molar-refractivity contribution >= 4 is 23.2 Å². The van der Waals surface area contributed by atoms with Crippen molar-refractivity contribution in [2.24, 2.45) is 0 Å². The van der Waals surface area contributed by atoms with E-state index in [9.17, 15) is 4.39 Å². The minimum Gasteiger partial charge on any atom is -0.257 e. The molecular weight excluding hydrogens is 176 g/mol. The van der Waals surface area contributed by atoms with Crippen molar-refractivity contribution in [1.82, 2.24) is 4.98 Å². The van der Waals surface area contributed by atoms with Gasteiger partial charge in [0.2, 0.25) is 0 Å². The molecule has 0 fully saturated rings. The largest absolute Gasteiger partial charge is 0.257 e. The summed E-state index contributed by atoms with van der Waals surface area (Å²) in [5, 5.41) is 0.0608. The van der Waals surface area contributed by atoms with Crippen LogP contribution in [-0.2, 0) is 5.88 Å². The van der Waals surface area contributed by atoms with Gasteiger partial charge in [-0.25, -0.2) is 4.39 Å². The van der Waals surface area contributed by atoms with Gasteiger partial charge in [0.15, 0.2) is 5.82 Å². The van der Waals surface area contributed by atoms with E-state index in [1.54, 1.807) is 0 Å². The van der Waals surface area contributed by atoms with Crippen LogP contribution in [0.5, 0.6) is 0 Å². The van der Waals surface area contributed by atoms with Gasteiger partial charge in [-0.15, -0.1) is 11.6 Å². The van der Waals surface area contributed by atoms with Gasteiger partial charge in [-0.05, 0) is 6.07 Å². The molecule has 0 aliphatic rings. The second kappa shape index (κ2) is 3.17. The minimum absolute atomic E-state index is 0.0608. The lowest BCUT2D eigenvalue weighted by atomic mass is 10.4. The van der Waals surface area contributed by atoms with E-state index in [4.69, 9.17) is 23.2 Å². The first-order valence-corrected chi connectivity index (χ1v) is 3.51. The molecule has 0 N–H and O–H groups in total. The van der Waals surface area contributed by atoms with Gasteiger partial charge in [0, 0.05) is 0 Å². The first-order valence-electron chi connectivity index (χ1n) is 2.60. The van der Waals surface area contributed by atoms with Crippen LogP contribution in [0.4, 0.5) is 4.39 Å². The van der Waals surface area contributed by atoms with Crippen LogP contribution in [-0.4, -0.2) is 4.98 Å². The Morgan fingerprint density at radius 2 is 2.30 bits per heavy atom. The first-order chi connectivity index (χ1) is 4.74. The molecule has 1 aromatic rings. The zero-order valence-corrected chi connectivity index (χ0v) is 6.45. The Kier molecular flexibility index (Phi) is 2.46. The van der Waals surface area contributed by atoms with E-state index >= 15 is 0 Å². The smallest absolute Gasteiger partial charge is 0.160 e. The molecule has 0 aromatic carbocycles. The number of hydrogen-bond donors (Lipinski definition) is 0. The number of hydrogen-bond acceptors (Lipinski definition) is 1. The molecule has 0 aliphatic heterocycles. The number of pyridine rings is 1. The fourth-order valence-corrected chi connectivity index (χ4v) is 0.848. The van der Waals surface area contributed by atoms with Gasteiger partial charge >= 0.3 is 0 Å². The van der Waals surface area contributed by atoms with Gasteiger partial charge in [0.25, 0.3) is 0 Å². The lowest BCUT2D eigenvalue weighted by Crippen LogP contribution is -1.86. The second-order valence-corrected chi connectivity index (χ2v) is 2.40. The fourth-order valence-electron chi connectivity index (χ4n) is 0.527. The van der Waals surface area contributed by atoms with E-state index in [1.165, 1.54) is 6.07 Å². The molecule has 0 saturated carbocycles. The predicted octanol–water partition coefficient (Wildman–Crippen LogP) is 2.61. The quantitative estimate of drug-likeness (QED) is 0.605. The Morgan fingerprint density at radius 3 is 2.80 bits per heavy atom. The van der Waals surface area contributed by atoms with Crippen molar-refractivity contribution in [3.8, 4) is 0 Å². The van der Waals surface area contributed by atoms with Crippen molar-refractivity contribution in [1.29, 1.82) is 0 Å². The molecule has 0 atom stereocenters. The second-order valence-electron chi connectivity index (χ2n) is 1.72. The zero-order chi connectivity index (χ0) is 7.56. The minimum atomic E-state index is -0.518. The maximum Gasteiger partial charge on any atom is 0.160 e. The van der Waals surface area contributed by atoms with Crippen LogP contribution in [0.1, 0.15) is 5.69 Å². The third-order valence-corrected chi connectivity index (χ3v) is 1.57. The highest BCUT2D eigenvalue weighted by Crippen LogP contribution is 2.14. The summed E-state index contributed by atoms with van der Waals surface area (Å²) in [4.78, 5) is 3.67. The van der Waals surface area contributed by atoms with Gasteiger partial charge in [0.05, 0.1) is 22.8 Å². The summed E-state index contributed by atoms with van der Waals surface area (Å²) in [6, 6.07) is 1.41. The van der Waals surface area contributed by atoms with Crippen LogP contribution in [0, 0.1) is 5.82 Å². The van der Waals surface area contributed by atoms with E-state index in [1.807, 2.05) is 0 Å². The molecule has 0 amide bonds. The van der Waals surface area contributed by atoms with E-state index in [-0.39, 0.29) is 10.9 Å². The molecule has 4 heteroatoms. The third-order valence-electron chi connectivity index (χ3n) is 1.00. The first kappa shape index (κ1) is 7.76. The van der Waals surface area contributed by atoms with Crippen molar-refractivity contribution in [3.63, 3.8) is 0 Å². The van der Waals surface area contributed by atoms with Crippen molar-refractivity contribution in [3.05, 3.63) is 28.8 Å². The van der Waals surface area contributed by atoms with Crippen LogP contribution >= 0.6 is 23.2 Å². The molecule has 10 heavy (non-hydrogen) atoms. The number of aromatic nitrogens is 1. The van der Waals surface area contributed by atoms with Crippen molar-refractivity contribution in [2.75, 3.05) is 0 Å². The number of rotatable bonds is 1. The third kappa shape index (κ3) is 1.58. The number of nitrogens with zero attached hydrogens (tertiary/aromatic N) is 1. The molecule has 0 radical (unpaired) electrons. The van der Waals surface area contributed by atoms with E-state index in [0.29, 0.717) is 5.69 Å². The van der Waals surface area contributed by atoms with Gasteiger partial charge in [0.1, 0.15) is 0 Å². The molecule has 0 saturated heterocycles. The summed E-state index contributed by atoms with van der Waals surface area (Å²) >= 11 is 10.8. The highest BCUT2D eigenvalue weighted by atomic mass is 35.5. The Hall–Kier alpha value is -0.340. The Morgan fingerprint density at radius 1 is 1.60 bits per heavy atom. The van der Waals surface area contributed by atoms with Gasteiger partial charge in [-0.1, -0.05) is 11.6 Å². The van der Waals surface area contributed by atoms with Crippen LogP contribution in [0.15, 0.2) is 12.3 Å². The molecule has 1 rings (SSSR count). The average Bonchev–Trinajstić information content (AvgIpc) is 1.95. The SMILES string of the molecule is Fc1cnc(CCl)cc1Cl. The molecular formula is C6H4Cl2FN. The molecule has 1 nitrogen and oxygen atoms in total. The van der Waals surface area contributed by atoms with Crippen LogP contribution in [0.2, 0.25) is 5.02 Å². The Labute approximate surface area is 67.8 Å². The summed E-state index contributed by atoms with van der Waals surface area (Å²) in [6.45, 7) is 0. The summed E-state index contributed by atoms with van der Waals surface area (Å²) in [5.74, 6) is -0.268. The molecule has 0 unspecified atom stereocenters. The van der Waals surface area contributed by atoms with Crippen LogP contribution in [0.25, 0.3) is 0 Å². The topological polar surface area (TPSA) is 12.9 Å². The highest BCUT2D eigenvalue weighted by molar-refractivity contribution is 6.30. The molecule has 1 aromatic heterocycles.